The first-order valence-corrected chi connectivity index (χ1v) is 13.9. The number of anilines is 1. The lowest BCUT2D eigenvalue weighted by atomic mass is 9.92. The van der Waals surface area contributed by atoms with E-state index in [2.05, 4.69) is 27.5 Å². The Balaban J connectivity index is 1.59. The first-order chi connectivity index (χ1) is 19.7. The van der Waals surface area contributed by atoms with Crippen LogP contribution in [0.25, 0.3) is 11.0 Å². The van der Waals surface area contributed by atoms with Gasteiger partial charge in [-0.05, 0) is 50.6 Å². The molecule has 41 heavy (non-hydrogen) atoms. The highest BCUT2D eigenvalue weighted by atomic mass is 16.4. The van der Waals surface area contributed by atoms with Gasteiger partial charge in [0.25, 0.3) is 0 Å². The van der Waals surface area contributed by atoms with E-state index < -0.39 is 23.9 Å². The summed E-state index contributed by atoms with van der Waals surface area (Å²) in [6, 6.07) is 2.27. The van der Waals surface area contributed by atoms with E-state index in [1.54, 1.807) is 17.2 Å². The molecule has 5 N–H and O–H groups in total. The Hall–Kier alpha value is -4.25. The average molecular weight is 570 g/mol. The normalized spacial score (nSPS) is 17.5. The number of piperidine rings is 1. The van der Waals surface area contributed by atoms with Crippen molar-refractivity contribution in [2.45, 2.75) is 64.0 Å². The molecule has 3 atom stereocenters. The number of carbonyl (C=O) groups is 4. The Morgan fingerprint density at radius 2 is 2.05 bits per heavy atom. The van der Waals surface area contributed by atoms with Gasteiger partial charge in [-0.15, -0.1) is 0 Å². The van der Waals surface area contributed by atoms with Crippen molar-refractivity contribution in [3.05, 3.63) is 18.6 Å². The summed E-state index contributed by atoms with van der Waals surface area (Å²) in [6.07, 6.45) is 5.64. The van der Waals surface area contributed by atoms with Crippen LogP contribution in [0, 0.1) is 17.2 Å². The van der Waals surface area contributed by atoms with Crippen LogP contribution >= 0.6 is 0 Å². The van der Waals surface area contributed by atoms with E-state index in [1.165, 1.54) is 10.9 Å². The fraction of sp³-hybridized carbons (Fsp3) is 0.593. The van der Waals surface area contributed by atoms with Crippen molar-refractivity contribution in [2.75, 3.05) is 38.1 Å². The summed E-state index contributed by atoms with van der Waals surface area (Å²) in [6.45, 7) is 3.87. The summed E-state index contributed by atoms with van der Waals surface area (Å²) in [4.78, 5) is 61.3. The molecule has 2 aromatic heterocycles. The maximum Gasteiger partial charge on any atom is 0.327 e. The summed E-state index contributed by atoms with van der Waals surface area (Å²) in [5.41, 5.74) is 5.86. The third-order valence-electron chi connectivity index (χ3n) is 7.45. The molecule has 14 nitrogen and oxygen atoms in total. The van der Waals surface area contributed by atoms with Gasteiger partial charge in [0, 0.05) is 39.3 Å². The molecule has 1 saturated heterocycles. The molecule has 222 valence electrons. The molecule has 0 bridgehead atoms. The topological polar surface area (TPSA) is 200 Å². The minimum atomic E-state index is -1.09. The molecule has 0 saturated carbocycles. The fourth-order valence-corrected chi connectivity index (χ4v) is 5.05. The summed E-state index contributed by atoms with van der Waals surface area (Å²) in [7, 11) is 1.90. The van der Waals surface area contributed by atoms with Gasteiger partial charge < -0.3 is 31.3 Å². The molecule has 2 aromatic rings. The number of nitrogens with zero attached hydrogens (tertiary/aromatic N) is 6. The highest BCUT2D eigenvalue weighted by Crippen LogP contribution is 2.29. The number of hydrogen-bond acceptors (Lipinski definition) is 9. The molecule has 0 aromatic carbocycles. The monoisotopic (exact) mass is 569 g/mol. The van der Waals surface area contributed by atoms with Crippen LogP contribution in [0.1, 0.15) is 51.9 Å². The second-order valence-electron chi connectivity index (χ2n) is 10.3. The number of amides is 3. The number of carboxylic acid groups (broad SMARTS) is 1. The first-order valence-electron chi connectivity index (χ1n) is 13.9. The molecule has 1 aliphatic heterocycles. The van der Waals surface area contributed by atoms with Crippen molar-refractivity contribution < 1.29 is 24.3 Å². The van der Waals surface area contributed by atoms with Crippen LogP contribution in [0.3, 0.4) is 0 Å². The number of aromatic nitrogens is 3. The molecule has 0 spiro atoms. The number of aliphatic carboxylic acids is 1. The number of nitrogens with two attached hydrogens (primary N) is 1. The van der Waals surface area contributed by atoms with Crippen molar-refractivity contribution in [1.29, 1.82) is 5.26 Å². The van der Waals surface area contributed by atoms with E-state index in [0.29, 0.717) is 62.2 Å². The number of carboxylic acids is 1. The molecule has 0 radical (unpaired) electrons. The fourth-order valence-electron chi connectivity index (χ4n) is 5.05. The van der Waals surface area contributed by atoms with Gasteiger partial charge >= 0.3 is 12.0 Å². The van der Waals surface area contributed by atoms with Crippen molar-refractivity contribution in [1.82, 2.24) is 30.1 Å². The van der Waals surface area contributed by atoms with E-state index in [0.717, 1.165) is 6.42 Å². The number of carbonyl (C=O) groups excluding carboxylic acids is 3. The van der Waals surface area contributed by atoms with Gasteiger partial charge in [-0.3, -0.25) is 14.2 Å². The van der Waals surface area contributed by atoms with Crippen LogP contribution in [0.5, 0.6) is 0 Å². The molecule has 1 fully saturated rings. The molecule has 1 aliphatic rings. The smallest absolute Gasteiger partial charge is 0.327 e. The standard InChI is InChI=1S/C27H39N9O5/c1-18-9-14-35(23(38)8-12-29)16-21(18)34(2)24-19-10-15-36(25(19)32-17-31-24)27(41)30-13-5-7-22(37)33-20(26(39)40)6-3-4-11-28/h10,15,17-18,20-21H,3-9,11,13-14,16,28H2,1-2H3,(H,30,41)(H,33,37)(H,39,40)/t18-,20+,21+/m1/s1. The van der Waals surface area contributed by atoms with Crippen molar-refractivity contribution in [3.63, 3.8) is 0 Å². The third-order valence-corrected chi connectivity index (χ3v) is 7.45. The van der Waals surface area contributed by atoms with Crippen LogP contribution in [-0.2, 0) is 14.4 Å². The minimum absolute atomic E-state index is 0.0331. The van der Waals surface area contributed by atoms with E-state index in [-0.39, 0.29) is 37.3 Å². The van der Waals surface area contributed by atoms with Gasteiger partial charge in [0.2, 0.25) is 11.8 Å². The van der Waals surface area contributed by atoms with E-state index >= 15 is 0 Å². The highest BCUT2D eigenvalue weighted by molar-refractivity contribution is 5.95. The largest absolute Gasteiger partial charge is 0.480 e. The molecule has 3 rings (SSSR count). The molecule has 0 aliphatic carbocycles. The molecule has 3 heterocycles. The second-order valence-corrected chi connectivity index (χ2v) is 10.3. The Kier molecular flexibility index (Phi) is 11.4. The van der Waals surface area contributed by atoms with E-state index in [1.807, 2.05) is 18.0 Å². The van der Waals surface area contributed by atoms with Crippen molar-refractivity contribution in [2.24, 2.45) is 11.7 Å². The number of rotatable bonds is 13. The number of likely N-dealkylation sites (tertiary alicyclic amines) is 1. The zero-order valence-electron chi connectivity index (χ0n) is 23.6. The lowest BCUT2D eigenvalue weighted by Crippen LogP contribution is -2.52. The second kappa shape index (κ2) is 14.9. The molecule has 3 amide bonds. The van der Waals surface area contributed by atoms with Gasteiger partial charge in [0.1, 0.15) is 24.6 Å². The van der Waals surface area contributed by atoms with Gasteiger partial charge in [0.05, 0.1) is 17.5 Å². The Morgan fingerprint density at radius 3 is 2.76 bits per heavy atom. The molecular weight excluding hydrogens is 530 g/mol. The van der Waals surface area contributed by atoms with Crippen LogP contribution < -0.4 is 21.3 Å². The number of likely N-dealkylation sites (N-methyl/N-ethyl adjacent to an activating group) is 1. The van der Waals surface area contributed by atoms with Crippen LogP contribution in [0.2, 0.25) is 0 Å². The van der Waals surface area contributed by atoms with Gasteiger partial charge in [-0.25, -0.2) is 19.6 Å². The van der Waals surface area contributed by atoms with Gasteiger partial charge in [-0.1, -0.05) is 6.92 Å². The van der Waals surface area contributed by atoms with Gasteiger partial charge in [0.15, 0.2) is 5.65 Å². The number of hydrogen-bond donors (Lipinski definition) is 4. The maximum atomic E-state index is 12.9. The highest BCUT2D eigenvalue weighted by Gasteiger charge is 2.33. The third kappa shape index (κ3) is 8.14. The lowest BCUT2D eigenvalue weighted by Gasteiger charge is -2.42. The predicted molar refractivity (Wildman–Crippen MR) is 151 cm³/mol. The molecule has 0 unspecified atom stereocenters. The van der Waals surface area contributed by atoms with Crippen LogP contribution in [0.15, 0.2) is 18.6 Å². The quantitative estimate of drug-likeness (QED) is 0.253. The lowest BCUT2D eigenvalue weighted by molar-refractivity contribution is -0.142. The van der Waals surface area contributed by atoms with E-state index in [9.17, 15) is 24.3 Å². The Morgan fingerprint density at radius 1 is 1.27 bits per heavy atom. The van der Waals surface area contributed by atoms with Crippen molar-refractivity contribution >= 4 is 40.7 Å². The summed E-state index contributed by atoms with van der Waals surface area (Å²) in [5, 5.41) is 24.2. The minimum Gasteiger partial charge on any atom is -0.480 e. The number of nitrogens with one attached hydrogen (secondary N) is 2. The number of nitriles is 1. The average Bonchev–Trinajstić information content (AvgIpc) is 3.39. The summed E-state index contributed by atoms with van der Waals surface area (Å²) >= 11 is 0. The van der Waals surface area contributed by atoms with Gasteiger partial charge in [-0.2, -0.15) is 5.26 Å². The Labute approximate surface area is 238 Å². The number of fused-ring (bicyclic) bond motifs is 1. The SMILES string of the molecule is C[C@@H]1CCN(C(=O)CC#N)C[C@@H]1N(C)c1ncnc2c1ccn2C(=O)NCCCC(=O)N[C@@H](CCCCN)C(=O)O. The maximum absolute atomic E-state index is 12.9. The zero-order chi connectivity index (χ0) is 29.9. The molecule has 14 heteroatoms. The Bertz CT molecular complexity index is 1270. The predicted octanol–water partition coefficient (Wildman–Crippen LogP) is 1.05. The number of unbranched alkanes of at least 4 members (excludes halogenated alkanes) is 1. The summed E-state index contributed by atoms with van der Waals surface area (Å²) in [5.74, 6) is -0.760. The zero-order valence-corrected chi connectivity index (χ0v) is 23.6. The first kappa shape index (κ1) is 31.3. The van der Waals surface area contributed by atoms with Crippen molar-refractivity contribution in [3.8, 4) is 6.07 Å². The van der Waals surface area contributed by atoms with E-state index in [4.69, 9.17) is 11.0 Å². The summed E-state index contributed by atoms with van der Waals surface area (Å²) < 4.78 is 1.37. The van der Waals surface area contributed by atoms with Crippen LogP contribution in [0.4, 0.5) is 10.6 Å². The van der Waals surface area contributed by atoms with Crippen LogP contribution in [-0.4, -0.2) is 93.7 Å². The molecular formula is C27H39N9O5.